The maximum atomic E-state index is 10.3. The van der Waals surface area contributed by atoms with E-state index in [1.165, 1.54) is 51.4 Å². The third-order valence-electron chi connectivity index (χ3n) is 10.3. The molecule has 0 heterocycles. The van der Waals surface area contributed by atoms with Crippen LogP contribution in [0.4, 0.5) is 0 Å². The van der Waals surface area contributed by atoms with Crippen molar-refractivity contribution >= 4 is 0 Å². The minimum atomic E-state index is -0.0742. The molecule has 0 radical (unpaired) electrons. The second kappa shape index (κ2) is 9.05. The SMILES string of the molecule is CCC(CCC(C)C1CCC2C1CCC1C2CC=C2CC(O)CC(C)C21)C(C)C. The van der Waals surface area contributed by atoms with Gasteiger partial charge in [0.2, 0.25) is 0 Å². The van der Waals surface area contributed by atoms with Crippen LogP contribution >= 0.6 is 0 Å². The van der Waals surface area contributed by atoms with Gasteiger partial charge in [-0.3, -0.25) is 0 Å². The van der Waals surface area contributed by atoms with E-state index >= 15 is 0 Å². The molecule has 4 aliphatic carbocycles. The van der Waals surface area contributed by atoms with Crippen molar-refractivity contribution < 1.29 is 5.11 Å². The van der Waals surface area contributed by atoms with Crippen LogP contribution in [0.2, 0.25) is 0 Å². The van der Waals surface area contributed by atoms with Crippen molar-refractivity contribution in [3.8, 4) is 0 Å². The smallest absolute Gasteiger partial charge is 0.0580 e. The highest BCUT2D eigenvalue weighted by Crippen LogP contribution is 2.59. The van der Waals surface area contributed by atoms with Crippen molar-refractivity contribution in [2.75, 3.05) is 0 Å². The lowest BCUT2D eigenvalue weighted by molar-refractivity contribution is 0.00695. The molecule has 3 saturated carbocycles. The standard InChI is InChI=1S/C28H48O/c1-6-20(17(2)3)8-7-18(4)23-11-12-25-24(23)13-14-27-26(25)10-9-21-16-22(29)15-19(5)28(21)27/h9,17-20,22-29H,6-8,10-16H2,1-5H3. The van der Waals surface area contributed by atoms with Crippen LogP contribution < -0.4 is 0 Å². The summed E-state index contributed by atoms with van der Waals surface area (Å²) in [5.74, 6) is 9.09. The van der Waals surface area contributed by atoms with Crippen LogP contribution in [0, 0.1) is 59.2 Å². The van der Waals surface area contributed by atoms with E-state index in [0.717, 1.165) is 66.1 Å². The molecule has 3 fully saturated rings. The predicted octanol–water partition coefficient (Wildman–Crippen LogP) is 7.49. The Morgan fingerprint density at radius 2 is 1.69 bits per heavy atom. The van der Waals surface area contributed by atoms with Gasteiger partial charge >= 0.3 is 0 Å². The van der Waals surface area contributed by atoms with Gasteiger partial charge in [-0.2, -0.15) is 0 Å². The van der Waals surface area contributed by atoms with Gasteiger partial charge in [0.1, 0.15) is 0 Å². The van der Waals surface area contributed by atoms with Crippen molar-refractivity contribution in [2.24, 2.45) is 59.2 Å². The van der Waals surface area contributed by atoms with Crippen molar-refractivity contribution in [1.82, 2.24) is 0 Å². The average Bonchev–Trinajstić information content (AvgIpc) is 3.11. The predicted molar refractivity (Wildman–Crippen MR) is 124 cm³/mol. The van der Waals surface area contributed by atoms with Crippen LogP contribution in [0.5, 0.6) is 0 Å². The number of rotatable bonds is 6. The first kappa shape index (κ1) is 21.9. The number of aliphatic hydroxyl groups is 1. The molecule has 1 nitrogen and oxygen atoms in total. The molecule has 0 spiro atoms. The Morgan fingerprint density at radius 1 is 0.966 bits per heavy atom. The molecule has 0 amide bonds. The average molecular weight is 401 g/mol. The number of hydrogen-bond donors (Lipinski definition) is 1. The maximum Gasteiger partial charge on any atom is 0.0580 e. The summed E-state index contributed by atoms with van der Waals surface area (Å²) >= 11 is 0. The molecule has 4 rings (SSSR count). The van der Waals surface area contributed by atoms with E-state index in [-0.39, 0.29) is 6.10 Å². The van der Waals surface area contributed by atoms with Crippen molar-refractivity contribution in [2.45, 2.75) is 105 Å². The fraction of sp³-hybridized carbons (Fsp3) is 0.929. The maximum absolute atomic E-state index is 10.3. The van der Waals surface area contributed by atoms with Gasteiger partial charge < -0.3 is 5.11 Å². The molecule has 1 heteroatoms. The Kier molecular flexibility index (Phi) is 6.84. The van der Waals surface area contributed by atoms with Gasteiger partial charge in [0.05, 0.1) is 6.10 Å². The van der Waals surface area contributed by atoms with Crippen molar-refractivity contribution in [3.05, 3.63) is 11.6 Å². The van der Waals surface area contributed by atoms with Gasteiger partial charge in [-0.15, -0.1) is 0 Å². The zero-order valence-electron chi connectivity index (χ0n) is 19.9. The summed E-state index contributed by atoms with van der Waals surface area (Å²) in [5.41, 5.74) is 1.64. The van der Waals surface area contributed by atoms with E-state index in [0.29, 0.717) is 5.92 Å². The summed E-state index contributed by atoms with van der Waals surface area (Å²) in [6.45, 7) is 12.2. The minimum absolute atomic E-state index is 0.0742. The molecule has 0 aromatic rings. The molecule has 0 saturated heterocycles. The van der Waals surface area contributed by atoms with Gasteiger partial charge in [0.25, 0.3) is 0 Å². The van der Waals surface area contributed by atoms with Crippen LogP contribution in [0.15, 0.2) is 11.6 Å². The van der Waals surface area contributed by atoms with Crippen LogP contribution in [-0.2, 0) is 0 Å². The van der Waals surface area contributed by atoms with Gasteiger partial charge in [0, 0.05) is 0 Å². The van der Waals surface area contributed by atoms with Crippen molar-refractivity contribution in [1.29, 1.82) is 0 Å². The monoisotopic (exact) mass is 400 g/mol. The number of aliphatic hydroxyl groups excluding tert-OH is 1. The van der Waals surface area contributed by atoms with Crippen LogP contribution in [0.25, 0.3) is 0 Å². The molecule has 166 valence electrons. The summed E-state index contributed by atoms with van der Waals surface area (Å²) in [6, 6.07) is 0. The van der Waals surface area contributed by atoms with Crippen molar-refractivity contribution in [3.63, 3.8) is 0 Å². The third-order valence-corrected chi connectivity index (χ3v) is 10.3. The van der Waals surface area contributed by atoms with E-state index in [1.807, 2.05) is 0 Å². The molecule has 0 aromatic carbocycles. The first-order valence-corrected chi connectivity index (χ1v) is 13.3. The number of allylic oxidation sites excluding steroid dienone is 1. The molecule has 0 bridgehead atoms. The summed E-state index contributed by atoms with van der Waals surface area (Å²) in [5, 5.41) is 10.3. The number of hydrogen-bond acceptors (Lipinski definition) is 1. The van der Waals surface area contributed by atoms with E-state index in [9.17, 15) is 5.11 Å². The summed E-state index contributed by atoms with van der Waals surface area (Å²) < 4.78 is 0. The Bertz CT molecular complexity index is 577. The zero-order chi connectivity index (χ0) is 20.7. The van der Waals surface area contributed by atoms with E-state index < -0.39 is 0 Å². The number of fused-ring (bicyclic) bond motifs is 5. The molecule has 10 unspecified atom stereocenters. The van der Waals surface area contributed by atoms with E-state index in [4.69, 9.17) is 0 Å². The lowest BCUT2D eigenvalue weighted by Crippen LogP contribution is -2.44. The topological polar surface area (TPSA) is 20.2 Å². The molecule has 4 aliphatic rings. The highest BCUT2D eigenvalue weighted by molar-refractivity contribution is 5.20. The van der Waals surface area contributed by atoms with Crippen LogP contribution in [-0.4, -0.2) is 11.2 Å². The van der Waals surface area contributed by atoms with Crippen LogP contribution in [0.1, 0.15) is 98.8 Å². The molecule has 0 aliphatic heterocycles. The lowest BCUT2D eigenvalue weighted by atomic mass is 9.54. The van der Waals surface area contributed by atoms with E-state index in [2.05, 4.69) is 40.7 Å². The Morgan fingerprint density at radius 3 is 2.41 bits per heavy atom. The van der Waals surface area contributed by atoms with Gasteiger partial charge in [0.15, 0.2) is 0 Å². The highest BCUT2D eigenvalue weighted by Gasteiger charge is 2.51. The quantitative estimate of drug-likeness (QED) is 0.458. The lowest BCUT2D eigenvalue weighted by Gasteiger charge is -2.51. The summed E-state index contributed by atoms with van der Waals surface area (Å²) in [6.07, 6.45) is 16.1. The molecule has 29 heavy (non-hydrogen) atoms. The largest absolute Gasteiger partial charge is 0.393 e. The Hall–Kier alpha value is -0.300. The Balaban J connectivity index is 1.40. The fourth-order valence-electron chi connectivity index (χ4n) is 8.85. The zero-order valence-corrected chi connectivity index (χ0v) is 19.9. The molecule has 1 N–H and O–H groups in total. The summed E-state index contributed by atoms with van der Waals surface area (Å²) in [4.78, 5) is 0. The van der Waals surface area contributed by atoms with Crippen LogP contribution in [0.3, 0.4) is 0 Å². The molecular formula is C28H48O. The first-order valence-electron chi connectivity index (χ1n) is 13.3. The fourth-order valence-corrected chi connectivity index (χ4v) is 8.85. The molecular weight excluding hydrogens is 352 g/mol. The first-order chi connectivity index (χ1) is 13.9. The molecule has 10 atom stereocenters. The molecule has 0 aromatic heterocycles. The Labute approximate surface area is 181 Å². The van der Waals surface area contributed by atoms with Gasteiger partial charge in [-0.25, -0.2) is 0 Å². The second-order valence-corrected chi connectivity index (χ2v) is 12.1. The second-order valence-electron chi connectivity index (χ2n) is 12.1. The van der Waals surface area contributed by atoms with E-state index in [1.54, 1.807) is 5.57 Å². The normalized spacial score (nSPS) is 43.9. The van der Waals surface area contributed by atoms with Gasteiger partial charge in [-0.05, 0) is 111 Å². The van der Waals surface area contributed by atoms with Gasteiger partial charge in [-0.1, -0.05) is 59.1 Å². The minimum Gasteiger partial charge on any atom is -0.393 e. The summed E-state index contributed by atoms with van der Waals surface area (Å²) in [7, 11) is 0. The highest BCUT2D eigenvalue weighted by atomic mass is 16.3. The third kappa shape index (κ3) is 4.24.